The predicted octanol–water partition coefficient (Wildman–Crippen LogP) is 4.65. The van der Waals surface area contributed by atoms with Gasteiger partial charge in [0.05, 0.1) is 18.4 Å². The second-order valence-corrected chi connectivity index (χ2v) is 8.28. The first-order valence-corrected chi connectivity index (χ1v) is 10.9. The molecule has 1 saturated heterocycles. The van der Waals surface area contributed by atoms with Crippen LogP contribution in [-0.4, -0.2) is 39.1 Å². The molecule has 1 N–H and O–H groups in total. The third-order valence-electron chi connectivity index (χ3n) is 4.67. The van der Waals surface area contributed by atoms with Gasteiger partial charge in [0, 0.05) is 22.9 Å². The van der Waals surface area contributed by atoms with Crippen LogP contribution in [0, 0.1) is 5.82 Å². The molecule has 156 valence electrons. The van der Waals surface area contributed by atoms with Gasteiger partial charge in [0.25, 0.3) is 0 Å². The molecule has 1 amide bonds. The van der Waals surface area contributed by atoms with E-state index in [0.29, 0.717) is 28.2 Å². The predicted molar refractivity (Wildman–Crippen MR) is 115 cm³/mol. The summed E-state index contributed by atoms with van der Waals surface area (Å²) in [6, 6.07) is 13.1. The van der Waals surface area contributed by atoms with Gasteiger partial charge in [0.15, 0.2) is 11.0 Å². The van der Waals surface area contributed by atoms with Gasteiger partial charge in [-0.05, 0) is 55.3 Å². The van der Waals surface area contributed by atoms with E-state index in [0.717, 1.165) is 25.0 Å². The molecule has 2 heterocycles. The van der Waals surface area contributed by atoms with Gasteiger partial charge in [-0.1, -0.05) is 29.4 Å². The number of carbonyl (C=O) groups excluding carboxylic acids is 1. The molecule has 0 unspecified atom stereocenters. The number of aromatic nitrogens is 3. The average molecular weight is 447 g/mol. The third kappa shape index (κ3) is 5.19. The van der Waals surface area contributed by atoms with Crippen molar-refractivity contribution < 1.29 is 13.9 Å². The maximum Gasteiger partial charge on any atom is 0.234 e. The van der Waals surface area contributed by atoms with Crippen molar-refractivity contribution in [1.29, 1.82) is 0 Å². The Morgan fingerprint density at radius 2 is 2.10 bits per heavy atom. The monoisotopic (exact) mass is 446 g/mol. The number of nitrogens with zero attached hydrogens (tertiary/aromatic N) is 3. The van der Waals surface area contributed by atoms with E-state index in [1.54, 1.807) is 36.4 Å². The van der Waals surface area contributed by atoms with Crippen LogP contribution < -0.4 is 5.32 Å². The summed E-state index contributed by atoms with van der Waals surface area (Å²) in [7, 11) is 0. The van der Waals surface area contributed by atoms with E-state index in [2.05, 4.69) is 15.5 Å². The standard InChI is InChI=1S/C21H20ClFN4O2S/c22-15-3-1-4-17(11-15)24-19(28)13-30-21-26-25-20(14-6-8-16(23)9-7-14)27(21)12-18-5-2-10-29-18/h1,3-4,6-9,11,18H,2,5,10,12-13H2,(H,24,28)/t18-/m0/s1. The van der Waals surface area contributed by atoms with Crippen molar-refractivity contribution in [2.45, 2.75) is 30.6 Å². The fraction of sp³-hybridized carbons (Fsp3) is 0.286. The molecule has 1 aromatic heterocycles. The van der Waals surface area contributed by atoms with Crippen LogP contribution in [0.1, 0.15) is 12.8 Å². The highest BCUT2D eigenvalue weighted by atomic mass is 35.5. The molecule has 2 aromatic carbocycles. The number of amides is 1. The van der Waals surface area contributed by atoms with Crippen molar-refractivity contribution in [3.8, 4) is 11.4 Å². The molecular weight excluding hydrogens is 427 g/mol. The molecule has 0 radical (unpaired) electrons. The van der Waals surface area contributed by atoms with Crippen molar-refractivity contribution in [3.05, 3.63) is 59.4 Å². The Hall–Kier alpha value is -2.42. The van der Waals surface area contributed by atoms with E-state index < -0.39 is 0 Å². The van der Waals surface area contributed by atoms with Gasteiger partial charge in [0.2, 0.25) is 5.91 Å². The first-order valence-electron chi connectivity index (χ1n) is 9.57. The minimum Gasteiger partial charge on any atom is -0.376 e. The Kier molecular flexibility index (Phi) is 6.66. The molecule has 1 aliphatic heterocycles. The number of carbonyl (C=O) groups is 1. The molecule has 0 aliphatic carbocycles. The third-order valence-corrected chi connectivity index (χ3v) is 5.87. The second kappa shape index (κ2) is 9.59. The van der Waals surface area contributed by atoms with E-state index in [9.17, 15) is 9.18 Å². The lowest BCUT2D eigenvalue weighted by Gasteiger charge is -2.14. The Bertz CT molecular complexity index is 1020. The molecule has 30 heavy (non-hydrogen) atoms. The van der Waals surface area contributed by atoms with Crippen molar-refractivity contribution in [3.63, 3.8) is 0 Å². The van der Waals surface area contributed by atoms with Crippen LogP contribution in [0.5, 0.6) is 0 Å². The molecule has 1 fully saturated rings. The number of halogens is 2. The normalized spacial score (nSPS) is 16.0. The maximum atomic E-state index is 13.3. The van der Waals surface area contributed by atoms with Crippen LogP contribution in [0.3, 0.4) is 0 Å². The minimum atomic E-state index is -0.309. The van der Waals surface area contributed by atoms with Gasteiger partial charge in [-0.3, -0.25) is 9.36 Å². The van der Waals surface area contributed by atoms with Crippen LogP contribution in [-0.2, 0) is 16.1 Å². The summed E-state index contributed by atoms with van der Waals surface area (Å²) in [4.78, 5) is 12.4. The Labute approximate surface area is 182 Å². The van der Waals surface area contributed by atoms with Gasteiger partial charge in [-0.2, -0.15) is 0 Å². The highest BCUT2D eigenvalue weighted by Crippen LogP contribution is 2.27. The second-order valence-electron chi connectivity index (χ2n) is 6.91. The first-order chi connectivity index (χ1) is 14.6. The zero-order valence-corrected chi connectivity index (χ0v) is 17.6. The number of benzene rings is 2. The Morgan fingerprint density at radius 1 is 1.27 bits per heavy atom. The molecule has 9 heteroatoms. The van der Waals surface area contributed by atoms with Crippen molar-refractivity contribution in [1.82, 2.24) is 14.8 Å². The summed E-state index contributed by atoms with van der Waals surface area (Å²) in [5, 5.41) is 12.6. The number of nitrogens with one attached hydrogen (secondary N) is 1. The zero-order valence-electron chi connectivity index (χ0n) is 16.1. The molecule has 1 atom stereocenters. The van der Waals surface area contributed by atoms with E-state index in [1.165, 1.54) is 23.9 Å². The lowest BCUT2D eigenvalue weighted by molar-refractivity contribution is -0.113. The summed E-state index contributed by atoms with van der Waals surface area (Å²) >= 11 is 7.26. The topological polar surface area (TPSA) is 69.0 Å². The number of anilines is 1. The van der Waals surface area contributed by atoms with Gasteiger partial charge in [0.1, 0.15) is 5.82 Å². The fourth-order valence-corrected chi connectivity index (χ4v) is 4.20. The van der Waals surface area contributed by atoms with Crippen LogP contribution >= 0.6 is 23.4 Å². The molecular formula is C21H20ClFN4O2S. The SMILES string of the molecule is O=C(CSc1nnc(-c2ccc(F)cc2)n1C[C@@H]1CCCO1)Nc1cccc(Cl)c1. The molecule has 6 nitrogen and oxygen atoms in total. The van der Waals surface area contributed by atoms with Crippen molar-refractivity contribution >= 4 is 35.0 Å². The number of ether oxygens (including phenoxy) is 1. The van der Waals surface area contributed by atoms with E-state index in [4.69, 9.17) is 16.3 Å². The average Bonchev–Trinajstić information content (AvgIpc) is 3.38. The fourth-order valence-electron chi connectivity index (χ4n) is 3.26. The summed E-state index contributed by atoms with van der Waals surface area (Å²) in [5.74, 6) is 0.316. The van der Waals surface area contributed by atoms with E-state index >= 15 is 0 Å². The van der Waals surface area contributed by atoms with Gasteiger partial charge < -0.3 is 10.1 Å². The smallest absolute Gasteiger partial charge is 0.234 e. The zero-order chi connectivity index (χ0) is 20.9. The number of hydrogen-bond donors (Lipinski definition) is 1. The summed E-state index contributed by atoms with van der Waals surface area (Å²) in [6.45, 7) is 1.32. The largest absolute Gasteiger partial charge is 0.376 e. The van der Waals surface area contributed by atoms with Gasteiger partial charge in [-0.25, -0.2) is 4.39 Å². The molecule has 0 spiro atoms. The van der Waals surface area contributed by atoms with Crippen molar-refractivity contribution in [2.24, 2.45) is 0 Å². The Morgan fingerprint density at radius 3 is 2.83 bits per heavy atom. The molecule has 3 aromatic rings. The first kappa shape index (κ1) is 20.8. The maximum absolute atomic E-state index is 13.3. The lowest BCUT2D eigenvalue weighted by Crippen LogP contribution is -2.18. The molecule has 1 aliphatic rings. The summed E-state index contributed by atoms with van der Waals surface area (Å²) in [6.07, 6.45) is 2.05. The van der Waals surface area contributed by atoms with Gasteiger partial charge >= 0.3 is 0 Å². The highest BCUT2D eigenvalue weighted by molar-refractivity contribution is 7.99. The van der Waals surface area contributed by atoms with Crippen LogP contribution in [0.25, 0.3) is 11.4 Å². The molecule has 0 saturated carbocycles. The van der Waals surface area contributed by atoms with E-state index in [1.807, 2.05) is 4.57 Å². The number of thioether (sulfide) groups is 1. The minimum absolute atomic E-state index is 0.0693. The van der Waals surface area contributed by atoms with Crippen molar-refractivity contribution in [2.75, 3.05) is 17.7 Å². The van der Waals surface area contributed by atoms with E-state index in [-0.39, 0.29) is 23.6 Å². The molecule has 0 bridgehead atoms. The lowest BCUT2D eigenvalue weighted by atomic mass is 10.2. The number of rotatable bonds is 7. The number of hydrogen-bond acceptors (Lipinski definition) is 5. The highest BCUT2D eigenvalue weighted by Gasteiger charge is 2.22. The van der Waals surface area contributed by atoms with Crippen LogP contribution in [0.2, 0.25) is 5.02 Å². The summed E-state index contributed by atoms with van der Waals surface area (Å²) in [5.41, 5.74) is 1.40. The van der Waals surface area contributed by atoms with Crippen LogP contribution in [0.4, 0.5) is 10.1 Å². The van der Waals surface area contributed by atoms with Gasteiger partial charge in [-0.15, -0.1) is 10.2 Å². The summed E-state index contributed by atoms with van der Waals surface area (Å²) < 4.78 is 21.0. The van der Waals surface area contributed by atoms with Crippen LogP contribution in [0.15, 0.2) is 53.7 Å². The molecule has 4 rings (SSSR count). The quantitative estimate of drug-likeness (QED) is 0.535. The Balaban J connectivity index is 1.50.